The molecule has 0 spiro atoms. The first kappa shape index (κ1) is 9.54. The predicted molar refractivity (Wildman–Crippen MR) is 58.8 cm³/mol. The van der Waals surface area contributed by atoms with Crippen molar-refractivity contribution in [1.29, 1.82) is 0 Å². The van der Waals surface area contributed by atoms with E-state index in [4.69, 9.17) is 4.74 Å². The Hall–Kier alpha value is -1.68. The summed E-state index contributed by atoms with van der Waals surface area (Å²) < 4.78 is 7.25. The summed E-state index contributed by atoms with van der Waals surface area (Å²) in [6, 6.07) is 3.64. The smallest absolute Gasteiger partial charge is 0.153 e. The second-order valence-electron chi connectivity index (χ2n) is 4.04. The van der Waals surface area contributed by atoms with Gasteiger partial charge >= 0.3 is 0 Å². The van der Waals surface area contributed by atoms with Gasteiger partial charge in [0.15, 0.2) is 6.29 Å². The van der Waals surface area contributed by atoms with Gasteiger partial charge in [0.25, 0.3) is 0 Å². The number of ether oxygens (including phenoxy) is 1. The number of carbonyl (C=O) groups excluding carboxylic acids is 1. The van der Waals surface area contributed by atoms with Crippen LogP contribution in [0.2, 0.25) is 0 Å². The summed E-state index contributed by atoms with van der Waals surface area (Å²) in [7, 11) is 0. The van der Waals surface area contributed by atoms with Crippen molar-refractivity contribution in [2.75, 3.05) is 13.2 Å². The number of nitrogens with zero attached hydrogens (tertiary/aromatic N) is 2. The Morgan fingerprint density at radius 2 is 2.50 bits per heavy atom. The lowest BCUT2D eigenvalue weighted by atomic mass is 10.1. The van der Waals surface area contributed by atoms with Crippen LogP contribution in [0.5, 0.6) is 0 Å². The Bertz CT molecular complexity index is 527. The topological polar surface area (TPSA) is 43.6 Å². The molecule has 82 valence electrons. The van der Waals surface area contributed by atoms with Gasteiger partial charge in [-0.3, -0.25) is 4.79 Å². The van der Waals surface area contributed by atoms with Gasteiger partial charge in [-0.1, -0.05) is 0 Å². The lowest BCUT2D eigenvalue weighted by Crippen LogP contribution is -1.97. The summed E-state index contributed by atoms with van der Waals surface area (Å²) in [4.78, 5) is 15.4. The fraction of sp³-hybridized carbons (Fsp3) is 0.333. The van der Waals surface area contributed by atoms with Gasteiger partial charge in [-0.2, -0.15) is 0 Å². The van der Waals surface area contributed by atoms with Crippen molar-refractivity contribution in [2.24, 2.45) is 0 Å². The third-order valence-corrected chi connectivity index (χ3v) is 3.01. The van der Waals surface area contributed by atoms with E-state index in [1.807, 2.05) is 22.9 Å². The Morgan fingerprint density at radius 3 is 3.25 bits per heavy atom. The summed E-state index contributed by atoms with van der Waals surface area (Å²) in [6.45, 7) is 1.54. The standard InChI is InChI=1S/C12H12N2O2/c15-7-9-2-1-4-14-6-11(13-12(9)14)10-3-5-16-8-10/h1-2,4,6-7,10H,3,5,8H2. The zero-order valence-corrected chi connectivity index (χ0v) is 8.80. The number of aldehydes is 1. The normalized spacial score (nSPS) is 20.4. The van der Waals surface area contributed by atoms with Crippen LogP contribution < -0.4 is 0 Å². The lowest BCUT2D eigenvalue weighted by Gasteiger charge is -2.00. The van der Waals surface area contributed by atoms with Crippen molar-refractivity contribution in [3.8, 4) is 0 Å². The molecule has 1 aliphatic rings. The summed E-state index contributed by atoms with van der Waals surface area (Å²) in [5, 5.41) is 0. The highest BCUT2D eigenvalue weighted by Gasteiger charge is 2.20. The molecule has 0 radical (unpaired) electrons. The molecule has 4 nitrogen and oxygen atoms in total. The third-order valence-electron chi connectivity index (χ3n) is 3.01. The molecular formula is C12H12N2O2. The second kappa shape index (κ2) is 3.72. The van der Waals surface area contributed by atoms with Crippen LogP contribution in [0.4, 0.5) is 0 Å². The molecule has 1 atom stereocenters. The molecule has 16 heavy (non-hydrogen) atoms. The summed E-state index contributed by atoms with van der Waals surface area (Å²) in [5.74, 6) is 0.374. The van der Waals surface area contributed by atoms with Crippen LogP contribution in [-0.4, -0.2) is 28.9 Å². The van der Waals surface area contributed by atoms with E-state index in [0.29, 0.717) is 11.5 Å². The number of rotatable bonds is 2. The molecule has 1 saturated heterocycles. The van der Waals surface area contributed by atoms with E-state index in [1.165, 1.54) is 0 Å². The van der Waals surface area contributed by atoms with Crippen LogP contribution in [0.15, 0.2) is 24.5 Å². The van der Waals surface area contributed by atoms with Crippen LogP contribution in [0.3, 0.4) is 0 Å². The maximum atomic E-state index is 10.9. The largest absolute Gasteiger partial charge is 0.381 e. The van der Waals surface area contributed by atoms with Gasteiger partial charge in [-0.05, 0) is 18.6 Å². The molecule has 1 fully saturated rings. The van der Waals surface area contributed by atoms with Crippen LogP contribution in [-0.2, 0) is 4.74 Å². The number of hydrogen-bond donors (Lipinski definition) is 0. The first-order valence-corrected chi connectivity index (χ1v) is 5.39. The second-order valence-corrected chi connectivity index (χ2v) is 4.04. The van der Waals surface area contributed by atoms with Gasteiger partial charge in [-0.25, -0.2) is 4.98 Å². The van der Waals surface area contributed by atoms with Gasteiger partial charge < -0.3 is 9.14 Å². The van der Waals surface area contributed by atoms with E-state index in [2.05, 4.69) is 4.98 Å². The highest BCUT2D eigenvalue weighted by molar-refractivity contribution is 5.84. The van der Waals surface area contributed by atoms with Gasteiger partial charge in [0, 0.05) is 24.9 Å². The minimum absolute atomic E-state index is 0.374. The van der Waals surface area contributed by atoms with E-state index >= 15 is 0 Å². The first-order chi connectivity index (χ1) is 7.88. The maximum absolute atomic E-state index is 10.9. The molecule has 0 aliphatic carbocycles. The molecule has 4 heteroatoms. The van der Waals surface area contributed by atoms with Crippen LogP contribution in [0, 0.1) is 0 Å². The SMILES string of the molecule is O=Cc1cccn2cc(C3CCOC3)nc12. The quantitative estimate of drug-likeness (QED) is 0.717. The lowest BCUT2D eigenvalue weighted by molar-refractivity contribution is 0.112. The third kappa shape index (κ3) is 1.42. The van der Waals surface area contributed by atoms with Crippen LogP contribution in [0.1, 0.15) is 28.4 Å². The first-order valence-electron chi connectivity index (χ1n) is 5.39. The highest BCUT2D eigenvalue weighted by atomic mass is 16.5. The van der Waals surface area contributed by atoms with Crippen molar-refractivity contribution in [2.45, 2.75) is 12.3 Å². The fourth-order valence-electron chi connectivity index (χ4n) is 2.11. The number of carbonyl (C=O) groups is 1. The maximum Gasteiger partial charge on any atom is 0.153 e. The summed E-state index contributed by atoms with van der Waals surface area (Å²) >= 11 is 0. The average Bonchev–Trinajstić information content (AvgIpc) is 2.96. The molecule has 2 aromatic heterocycles. The van der Waals surface area contributed by atoms with Crippen molar-refractivity contribution in [3.63, 3.8) is 0 Å². The van der Waals surface area contributed by atoms with E-state index in [0.717, 1.165) is 37.3 Å². The van der Waals surface area contributed by atoms with Gasteiger partial charge in [-0.15, -0.1) is 0 Å². The highest BCUT2D eigenvalue weighted by Crippen LogP contribution is 2.25. The zero-order chi connectivity index (χ0) is 11.0. The van der Waals surface area contributed by atoms with Crippen LogP contribution >= 0.6 is 0 Å². The van der Waals surface area contributed by atoms with E-state index in [1.54, 1.807) is 6.07 Å². The predicted octanol–water partition coefficient (Wildman–Crippen LogP) is 1.65. The minimum atomic E-state index is 0.374. The van der Waals surface area contributed by atoms with Crippen LogP contribution in [0.25, 0.3) is 5.65 Å². The van der Waals surface area contributed by atoms with E-state index in [9.17, 15) is 4.79 Å². The van der Waals surface area contributed by atoms with Gasteiger partial charge in [0.1, 0.15) is 5.65 Å². The number of hydrogen-bond acceptors (Lipinski definition) is 3. The molecule has 2 aromatic rings. The van der Waals surface area contributed by atoms with Crippen molar-refractivity contribution in [3.05, 3.63) is 35.8 Å². The van der Waals surface area contributed by atoms with Gasteiger partial charge in [0.05, 0.1) is 17.9 Å². The fourth-order valence-corrected chi connectivity index (χ4v) is 2.11. The van der Waals surface area contributed by atoms with Crippen molar-refractivity contribution >= 4 is 11.9 Å². The molecule has 1 aliphatic heterocycles. The van der Waals surface area contributed by atoms with E-state index in [-0.39, 0.29) is 0 Å². The minimum Gasteiger partial charge on any atom is -0.381 e. The number of aromatic nitrogens is 2. The number of fused-ring (bicyclic) bond motifs is 1. The Morgan fingerprint density at radius 1 is 1.56 bits per heavy atom. The van der Waals surface area contributed by atoms with Gasteiger partial charge in [0.2, 0.25) is 0 Å². The molecule has 0 aromatic carbocycles. The molecule has 0 saturated carbocycles. The molecule has 1 unspecified atom stereocenters. The van der Waals surface area contributed by atoms with Crippen molar-refractivity contribution < 1.29 is 9.53 Å². The molecule has 0 amide bonds. The molecule has 3 rings (SSSR count). The molecule has 3 heterocycles. The summed E-state index contributed by atoms with van der Waals surface area (Å²) in [5.41, 5.74) is 2.39. The summed E-state index contributed by atoms with van der Waals surface area (Å²) in [6.07, 6.45) is 5.76. The average molecular weight is 216 g/mol. The Kier molecular flexibility index (Phi) is 2.22. The Balaban J connectivity index is 2.11. The Labute approximate surface area is 92.9 Å². The molecule has 0 N–H and O–H groups in total. The number of pyridine rings is 1. The monoisotopic (exact) mass is 216 g/mol. The van der Waals surface area contributed by atoms with Crippen molar-refractivity contribution in [1.82, 2.24) is 9.38 Å². The van der Waals surface area contributed by atoms with E-state index < -0.39 is 0 Å². The zero-order valence-electron chi connectivity index (χ0n) is 8.80. The number of imidazole rings is 1. The molecular weight excluding hydrogens is 204 g/mol. The molecule has 0 bridgehead atoms.